The molecule has 12 heteroatoms. The Morgan fingerprint density at radius 1 is 1.18 bits per heavy atom. The predicted octanol–water partition coefficient (Wildman–Crippen LogP) is 4.53. The van der Waals surface area contributed by atoms with E-state index in [1.807, 2.05) is 0 Å². The van der Waals surface area contributed by atoms with Gasteiger partial charge >= 0.3 is 6.18 Å². The van der Waals surface area contributed by atoms with Crippen LogP contribution in [0.2, 0.25) is 10.0 Å². The van der Waals surface area contributed by atoms with Crippen molar-refractivity contribution < 1.29 is 32.4 Å². The van der Waals surface area contributed by atoms with Crippen molar-refractivity contribution in [3.8, 4) is 0 Å². The molecule has 2 aromatic carbocycles. The third-order valence-corrected chi connectivity index (χ3v) is 5.61. The standard InChI is InChI=1S/C21H14Cl2F3N3O4/c1-10-4-11(2-3-15(10)18(30)27-17-9-32-29-19(17)31)16-8-20(33-28-16,21(24,25)26)12-5-13(22)7-14(23)6-12/h2-7H,8-9H2,1H3,(H,29,31). The lowest BCUT2D eigenvalue weighted by Crippen LogP contribution is -2.42. The van der Waals surface area contributed by atoms with Gasteiger partial charge < -0.3 is 4.84 Å². The summed E-state index contributed by atoms with van der Waals surface area (Å²) in [5.74, 6) is -1.29. The number of nitrogens with zero attached hydrogens (tertiary/aromatic N) is 2. The quantitative estimate of drug-likeness (QED) is 0.671. The molecule has 1 atom stereocenters. The number of benzene rings is 2. The smallest absolute Gasteiger partial charge is 0.374 e. The van der Waals surface area contributed by atoms with Gasteiger partial charge in [-0.1, -0.05) is 34.4 Å². The molecule has 1 fully saturated rings. The molecule has 2 amide bonds. The second-order valence-corrected chi connectivity index (χ2v) is 8.28. The van der Waals surface area contributed by atoms with Crippen LogP contribution in [0.25, 0.3) is 0 Å². The fourth-order valence-corrected chi connectivity index (χ4v) is 4.02. The fourth-order valence-electron chi connectivity index (χ4n) is 3.49. The number of amides is 2. The van der Waals surface area contributed by atoms with Crippen molar-refractivity contribution in [1.82, 2.24) is 5.48 Å². The molecule has 172 valence electrons. The highest BCUT2D eigenvalue weighted by Gasteiger charge is 2.62. The Morgan fingerprint density at radius 3 is 2.45 bits per heavy atom. The van der Waals surface area contributed by atoms with Crippen LogP contribution in [0.5, 0.6) is 0 Å². The van der Waals surface area contributed by atoms with E-state index in [2.05, 4.69) is 15.6 Å². The van der Waals surface area contributed by atoms with Gasteiger partial charge in [-0.15, -0.1) is 0 Å². The Morgan fingerprint density at radius 2 is 1.88 bits per heavy atom. The number of hydrogen-bond acceptors (Lipinski definition) is 5. The van der Waals surface area contributed by atoms with Crippen LogP contribution >= 0.6 is 23.2 Å². The minimum Gasteiger partial charge on any atom is -0.374 e. The van der Waals surface area contributed by atoms with Crippen molar-refractivity contribution >= 4 is 46.4 Å². The van der Waals surface area contributed by atoms with Crippen LogP contribution in [0.3, 0.4) is 0 Å². The van der Waals surface area contributed by atoms with E-state index < -0.39 is 30.0 Å². The van der Waals surface area contributed by atoms with Crippen molar-refractivity contribution in [2.24, 2.45) is 10.1 Å². The van der Waals surface area contributed by atoms with Gasteiger partial charge in [-0.2, -0.15) is 13.2 Å². The topological polar surface area (TPSA) is 89.3 Å². The number of halogens is 5. The minimum atomic E-state index is -4.82. The third kappa shape index (κ3) is 4.33. The average Bonchev–Trinajstić information content (AvgIpc) is 3.34. The first-order valence-electron chi connectivity index (χ1n) is 9.43. The van der Waals surface area contributed by atoms with Crippen molar-refractivity contribution in [3.63, 3.8) is 0 Å². The van der Waals surface area contributed by atoms with Crippen molar-refractivity contribution in [3.05, 3.63) is 68.7 Å². The van der Waals surface area contributed by atoms with E-state index in [1.54, 1.807) is 6.92 Å². The molecule has 4 rings (SSSR count). The maximum absolute atomic E-state index is 14.1. The molecule has 0 aromatic heterocycles. The molecule has 33 heavy (non-hydrogen) atoms. The van der Waals surface area contributed by atoms with E-state index in [1.165, 1.54) is 24.3 Å². The van der Waals surface area contributed by atoms with Crippen molar-refractivity contribution in [1.29, 1.82) is 0 Å². The molecule has 0 bridgehead atoms. The van der Waals surface area contributed by atoms with Crippen LogP contribution in [-0.2, 0) is 20.1 Å². The Hall–Kier alpha value is -2.95. The molecule has 1 saturated heterocycles. The summed E-state index contributed by atoms with van der Waals surface area (Å²) < 4.78 is 42.4. The molecular weight excluding hydrogens is 486 g/mol. The van der Waals surface area contributed by atoms with Crippen LogP contribution in [0, 0.1) is 6.92 Å². The average molecular weight is 500 g/mol. The normalized spacial score (nSPS) is 21.7. The van der Waals surface area contributed by atoms with Gasteiger partial charge in [0, 0.05) is 27.6 Å². The highest BCUT2D eigenvalue weighted by Crippen LogP contribution is 2.49. The molecule has 1 unspecified atom stereocenters. The van der Waals surface area contributed by atoms with Gasteiger partial charge in [0.25, 0.3) is 17.4 Å². The van der Waals surface area contributed by atoms with Gasteiger partial charge in [0.05, 0.1) is 5.71 Å². The number of rotatable bonds is 3. The lowest BCUT2D eigenvalue weighted by molar-refractivity contribution is -0.275. The summed E-state index contributed by atoms with van der Waals surface area (Å²) in [6, 6.07) is 7.92. The molecule has 2 aliphatic heterocycles. The molecule has 2 aromatic rings. The van der Waals surface area contributed by atoms with E-state index in [9.17, 15) is 22.8 Å². The zero-order valence-electron chi connectivity index (χ0n) is 16.8. The number of carbonyl (C=O) groups is 2. The first kappa shape index (κ1) is 23.2. The Kier molecular flexibility index (Phi) is 5.94. The summed E-state index contributed by atoms with van der Waals surface area (Å²) in [4.78, 5) is 37.4. The Balaban J connectivity index is 1.63. The van der Waals surface area contributed by atoms with Crippen LogP contribution in [0.1, 0.15) is 33.5 Å². The molecule has 0 saturated carbocycles. The number of nitrogens with one attached hydrogen (secondary N) is 1. The van der Waals surface area contributed by atoms with Gasteiger partial charge in [-0.3, -0.25) is 14.4 Å². The molecular formula is C21H14Cl2F3N3O4. The number of aryl methyl sites for hydroxylation is 1. The lowest BCUT2D eigenvalue weighted by Gasteiger charge is -2.29. The second kappa shape index (κ2) is 8.44. The highest BCUT2D eigenvalue weighted by molar-refractivity contribution is 6.42. The summed E-state index contributed by atoms with van der Waals surface area (Å²) in [7, 11) is 0. The summed E-state index contributed by atoms with van der Waals surface area (Å²) in [5, 5.41) is 3.75. The van der Waals surface area contributed by atoms with E-state index in [4.69, 9.17) is 32.9 Å². The second-order valence-electron chi connectivity index (χ2n) is 7.40. The van der Waals surface area contributed by atoms with Crippen LogP contribution in [0.4, 0.5) is 13.2 Å². The number of aliphatic imine (C=N–C) groups is 1. The predicted molar refractivity (Wildman–Crippen MR) is 113 cm³/mol. The maximum atomic E-state index is 14.1. The molecule has 2 aliphatic rings. The van der Waals surface area contributed by atoms with Gasteiger partial charge in [-0.05, 0) is 48.4 Å². The maximum Gasteiger partial charge on any atom is 0.435 e. The number of oxime groups is 1. The van der Waals surface area contributed by atoms with Gasteiger partial charge in [0.15, 0.2) is 0 Å². The van der Waals surface area contributed by atoms with Crippen LogP contribution in [-0.4, -0.2) is 36.0 Å². The zero-order chi connectivity index (χ0) is 24.0. The molecule has 0 aliphatic carbocycles. The van der Waals surface area contributed by atoms with Crippen molar-refractivity contribution in [2.45, 2.75) is 25.1 Å². The summed E-state index contributed by atoms with van der Waals surface area (Å²) in [6.45, 7) is 1.44. The van der Waals surface area contributed by atoms with Gasteiger partial charge in [0.2, 0.25) is 0 Å². The lowest BCUT2D eigenvalue weighted by atomic mass is 9.86. The van der Waals surface area contributed by atoms with Gasteiger partial charge in [0.1, 0.15) is 12.3 Å². The Bertz CT molecular complexity index is 1210. The van der Waals surface area contributed by atoms with E-state index in [0.717, 1.165) is 12.1 Å². The number of hydrogen-bond donors (Lipinski definition) is 1. The highest BCUT2D eigenvalue weighted by atomic mass is 35.5. The van der Waals surface area contributed by atoms with E-state index in [-0.39, 0.29) is 39.2 Å². The number of alkyl halides is 3. The monoisotopic (exact) mass is 499 g/mol. The molecule has 2 heterocycles. The van der Waals surface area contributed by atoms with Crippen LogP contribution in [0.15, 0.2) is 46.5 Å². The Labute approximate surface area is 195 Å². The number of hydroxylamine groups is 1. The van der Waals surface area contributed by atoms with Gasteiger partial charge in [-0.25, -0.2) is 10.5 Å². The molecule has 0 radical (unpaired) electrons. The molecule has 0 spiro atoms. The number of carbonyl (C=O) groups excluding carboxylic acids is 2. The summed E-state index contributed by atoms with van der Waals surface area (Å²) in [6.07, 6.45) is -5.45. The SMILES string of the molecule is Cc1cc(C2=NOC(c3cc(Cl)cc(Cl)c3)(C(F)(F)F)C2)ccc1C(=O)N=C1CONC1=O. The summed E-state index contributed by atoms with van der Waals surface area (Å²) in [5.41, 5.74) is -0.0829. The first-order chi connectivity index (χ1) is 15.5. The van der Waals surface area contributed by atoms with Crippen LogP contribution < -0.4 is 5.48 Å². The largest absolute Gasteiger partial charge is 0.435 e. The fraction of sp³-hybridized carbons (Fsp3) is 0.238. The van der Waals surface area contributed by atoms with E-state index in [0.29, 0.717) is 11.1 Å². The van der Waals surface area contributed by atoms with E-state index >= 15 is 0 Å². The zero-order valence-corrected chi connectivity index (χ0v) is 18.3. The summed E-state index contributed by atoms with van der Waals surface area (Å²) >= 11 is 11.8. The first-order valence-corrected chi connectivity index (χ1v) is 10.2. The molecule has 7 nitrogen and oxygen atoms in total. The molecule has 1 N–H and O–H groups in total. The minimum absolute atomic E-state index is 0.0276. The van der Waals surface area contributed by atoms with Crippen molar-refractivity contribution in [2.75, 3.05) is 6.61 Å². The third-order valence-electron chi connectivity index (χ3n) is 5.18.